The van der Waals surface area contributed by atoms with E-state index in [1.54, 1.807) is 6.07 Å². The zero-order chi connectivity index (χ0) is 15.1. The lowest BCUT2D eigenvalue weighted by Crippen LogP contribution is -2.30. The molecule has 0 saturated heterocycles. The van der Waals surface area contributed by atoms with E-state index in [-0.39, 0.29) is 24.8 Å². The van der Waals surface area contributed by atoms with Gasteiger partial charge in [0.05, 0.1) is 7.11 Å². The zero-order valence-corrected chi connectivity index (χ0v) is 11.3. The lowest BCUT2D eigenvalue weighted by molar-refractivity contribution is -0.145. The molecule has 0 radical (unpaired) electrons. The Hall–Kier alpha value is -2.15. The largest absolute Gasteiger partial charge is 0.494 e. The number of carbonyl (C=O) groups excluding carboxylic acids is 1. The number of carboxylic acids is 1. The van der Waals surface area contributed by atoms with Gasteiger partial charge in [-0.25, -0.2) is 9.18 Å². The van der Waals surface area contributed by atoms with Crippen molar-refractivity contribution in [2.75, 3.05) is 27.4 Å². The molecule has 1 N–H and O–H groups in total. The summed E-state index contributed by atoms with van der Waals surface area (Å²) in [5, 5.41) is 8.38. The summed E-state index contributed by atoms with van der Waals surface area (Å²) in [6, 6.07) is 4.40. The number of hydrogen-bond donors (Lipinski definition) is 1. The highest BCUT2D eigenvalue weighted by atomic mass is 19.1. The molecular weight excluding hydrogens is 269 g/mol. The zero-order valence-electron chi connectivity index (χ0n) is 11.3. The Kier molecular flexibility index (Phi) is 5.92. The summed E-state index contributed by atoms with van der Waals surface area (Å²) in [6.45, 7) is -0.672. The first-order valence-corrected chi connectivity index (χ1v) is 5.80. The standard InChI is InChI=1S/C13H16FNO5/c1-15(12(16)7-20-8-13(17)18)6-9-3-4-11(19-2)10(14)5-9/h3-5H,6-8H2,1-2H3,(H,17,18). The second kappa shape index (κ2) is 7.44. The SMILES string of the molecule is COc1ccc(CN(C)C(=O)COCC(=O)O)cc1F. The maximum atomic E-state index is 13.5. The Bertz CT molecular complexity index is 492. The fraction of sp³-hybridized carbons (Fsp3) is 0.385. The number of methoxy groups -OCH3 is 1. The fourth-order valence-corrected chi connectivity index (χ4v) is 1.51. The topological polar surface area (TPSA) is 76.1 Å². The van der Waals surface area contributed by atoms with Crippen LogP contribution in [0.5, 0.6) is 5.75 Å². The number of amides is 1. The number of rotatable bonds is 7. The molecular formula is C13H16FNO5. The van der Waals surface area contributed by atoms with Crippen LogP contribution in [0, 0.1) is 5.82 Å². The highest BCUT2D eigenvalue weighted by Crippen LogP contribution is 2.18. The second-order valence-corrected chi connectivity index (χ2v) is 4.11. The average Bonchev–Trinajstić information content (AvgIpc) is 2.38. The summed E-state index contributed by atoms with van der Waals surface area (Å²) < 4.78 is 23.0. The van der Waals surface area contributed by atoms with Crippen molar-refractivity contribution >= 4 is 11.9 Å². The Morgan fingerprint density at radius 1 is 1.35 bits per heavy atom. The third-order valence-corrected chi connectivity index (χ3v) is 2.51. The Balaban J connectivity index is 2.52. The van der Waals surface area contributed by atoms with E-state index in [2.05, 4.69) is 0 Å². The van der Waals surface area contributed by atoms with Crippen LogP contribution in [-0.2, 0) is 20.9 Å². The minimum atomic E-state index is -1.14. The van der Waals surface area contributed by atoms with Gasteiger partial charge in [-0.15, -0.1) is 0 Å². The molecule has 1 aromatic rings. The van der Waals surface area contributed by atoms with Crippen molar-refractivity contribution in [3.05, 3.63) is 29.6 Å². The van der Waals surface area contributed by atoms with Gasteiger partial charge in [-0.3, -0.25) is 4.79 Å². The van der Waals surface area contributed by atoms with Crippen molar-refractivity contribution in [1.82, 2.24) is 4.90 Å². The molecule has 6 nitrogen and oxygen atoms in total. The van der Waals surface area contributed by atoms with E-state index >= 15 is 0 Å². The fourth-order valence-electron chi connectivity index (χ4n) is 1.51. The van der Waals surface area contributed by atoms with Gasteiger partial charge in [0.15, 0.2) is 11.6 Å². The van der Waals surface area contributed by atoms with E-state index in [4.69, 9.17) is 14.6 Å². The van der Waals surface area contributed by atoms with Gasteiger partial charge in [-0.2, -0.15) is 0 Å². The van der Waals surface area contributed by atoms with Crippen molar-refractivity contribution in [2.45, 2.75) is 6.54 Å². The van der Waals surface area contributed by atoms with E-state index in [1.165, 1.54) is 31.2 Å². The van der Waals surface area contributed by atoms with Crippen LogP contribution in [0.1, 0.15) is 5.56 Å². The number of halogens is 1. The Morgan fingerprint density at radius 2 is 2.05 bits per heavy atom. The number of nitrogens with zero attached hydrogens (tertiary/aromatic N) is 1. The normalized spacial score (nSPS) is 10.2. The molecule has 1 amide bonds. The molecule has 7 heteroatoms. The molecule has 0 aromatic heterocycles. The molecule has 0 atom stereocenters. The van der Waals surface area contributed by atoms with Crippen molar-refractivity contribution in [2.24, 2.45) is 0 Å². The summed E-state index contributed by atoms with van der Waals surface area (Å²) in [7, 11) is 2.89. The summed E-state index contributed by atoms with van der Waals surface area (Å²) in [4.78, 5) is 23.2. The Morgan fingerprint density at radius 3 is 2.60 bits per heavy atom. The number of hydrogen-bond acceptors (Lipinski definition) is 4. The maximum Gasteiger partial charge on any atom is 0.329 e. The number of benzene rings is 1. The van der Waals surface area contributed by atoms with Gasteiger partial charge in [0.25, 0.3) is 0 Å². The van der Waals surface area contributed by atoms with Gasteiger partial charge < -0.3 is 19.5 Å². The Labute approximate surface area is 115 Å². The maximum absolute atomic E-state index is 13.5. The number of aliphatic carboxylic acids is 1. The van der Waals surface area contributed by atoms with Gasteiger partial charge in [-0.05, 0) is 17.7 Å². The molecule has 0 bridgehead atoms. The van der Waals surface area contributed by atoms with Crippen LogP contribution in [0.2, 0.25) is 0 Å². The summed E-state index contributed by atoms with van der Waals surface area (Å²) in [5.74, 6) is -1.90. The van der Waals surface area contributed by atoms with Crippen molar-refractivity contribution in [3.63, 3.8) is 0 Å². The number of ether oxygens (including phenoxy) is 2. The van der Waals surface area contributed by atoms with E-state index in [0.717, 1.165) is 0 Å². The third-order valence-electron chi connectivity index (χ3n) is 2.51. The molecule has 0 saturated carbocycles. The first kappa shape index (κ1) is 15.9. The molecule has 20 heavy (non-hydrogen) atoms. The number of carboxylic acid groups (broad SMARTS) is 1. The monoisotopic (exact) mass is 285 g/mol. The second-order valence-electron chi connectivity index (χ2n) is 4.11. The molecule has 0 spiro atoms. The minimum Gasteiger partial charge on any atom is -0.494 e. The quantitative estimate of drug-likeness (QED) is 0.805. The molecule has 1 rings (SSSR count). The number of carbonyl (C=O) groups is 2. The molecule has 0 unspecified atom stereocenters. The van der Waals surface area contributed by atoms with Gasteiger partial charge in [0.1, 0.15) is 13.2 Å². The predicted octanol–water partition coefficient (Wildman–Crippen LogP) is 0.894. The molecule has 110 valence electrons. The summed E-state index contributed by atoms with van der Waals surface area (Å²) in [5.41, 5.74) is 0.595. The van der Waals surface area contributed by atoms with E-state index in [9.17, 15) is 14.0 Å². The van der Waals surface area contributed by atoms with Crippen molar-refractivity contribution in [1.29, 1.82) is 0 Å². The molecule has 0 aliphatic rings. The lowest BCUT2D eigenvalue weighted by Gasteiger charge is -2.17. The minimum absolute atomic E-state index is 0.132. The average molecular weight is 285 g/mol. The van der Waals surface area contributed by atoms with E-state index in [1.807, 2.05) is 0 Å². The number of likely N-dealkylation sites (N-methyl/N-ethyl adjacent to an activating group) is 1. The van der Waals surface area contributed by atoms with Crippen LogP contribution in [0.25, 0.3) is 0 Å². The predicted molar refractivity (Wildman–Crippen MR) is 67.9 cm³/mol. The van der Waals surface area contributed by atoms with Crippen LogP contribution in [0.15, 0.2) is 18.2 Å². The molecule has 0 heterocycles. The van der Waals surface area contributed by atoms with Crippen LogP contribution in [0.3, 0.4) is 0 Å². The van der Waals surface area contributed by atoms with Gasteiger partial charge in [0, 0.05) is 13.6 Å². The van der Waals surface area contributed by atoms with Gasteiger partial charge >= 0.3 is 5.97 Å². The van der Waals surface area contributed by atoms with Crippen LogP contribution in [0.4, 0.5) is 4.39 Å². The first-order valence-electron chi connectivity index (χ1n) is 5.80. The molecule has 1 aromatic carbocycles. The van der Waals surface area contributed by atoms with Crippen molar-refractivity contribution in [3.8, 4) is 5.75 Å². The summed E-state index contributed by atoms with van der Waals surface area (Å²) >= 11 is 0. The smallest absolute Gasteiger partial charge is 0.329 e. The van der Waals surface area contributed by atoms with E-state index < -0.39 is 18.4 Å². The highest BCUT2D eigenvalue weighted by molar-refractivity contribution is 5.77. The molecule has 0 fully saturated rings. The molecule has 0 aliphatic heterocycles. The van der Waals surface area contributed by atoms with Gasteiger partial charge in [-0.1, -0.05) is 6.07 Å². The highest BCUT2D eigenvalue weighted by Gasteiger charge is 2.12. The van der Waals surface area contributed by atoms with Crippen molar-refractivity contribution < 1.29 is 28.6 Å². The summed E-state index contributed by atoms with van der Waals surface area (Å²) in [6.07, 6.45) is 0. The van der Waals surface area contributed by atoms with Crippen LogP contribution < -0.4 is 4.74 Å². The first-order chi connectivity index (χ1) is 9.43. The van der Waals surface area contributed by atoms with Crippen LogP contribution >= 0.6 is 0 Å². The van der Waals surface area contributed by atoms with Gasteiger partial charge in [0.2, 0.25) is 5.91 Å². The third kappa shape index (κ3) is 4.85. The van der Waals surface area contributed by atoms with Crippen LogP contribution in [-0.4, -0.2) is 49.3 Å². The molecule has 0 aliphatic carbocycles. The van der Waals surface area contributed by atoms with E-state index in [0.29, 0.717) is 5.56 Å². The lowest BCUT2D eigenvalue weighted by atomic mass is 10.2.